The molecule has 0 radical (unpaired) electrons. The van der Waals surface area contributed by atoms with Crippen LogP contribution in [0.3, 0.4) is 0 Å². The molecule has 0 unspecified atom stereocenters. The van der Waals surface area contributed by atoms with Gasteiger partial charge in [-0.1, -0.05) is 12.2 Å². The van der Waals surface area contributed by atoms with Gasteiger partial charge < -0.3 is 20.1 Å². The standard InChI is InChI=1S/C13H19N3O3S/c1-18-8-7-16(6-4-12(17)19-2)10-3-5-15-11(9-10)13(14)20/h3,5,9H,4,6-8H2,1-2H3,(H2,14,20). The molecule has 7 heteroatoms. The Bertz CT molecular complexity index is 468. The van der Waals surface area contributed by atoms with E-state index < -0.39 is 0 Å². The first-order chi connectivity index (χ1) is 9.58. The Balaban J connectivity index is 2.83. The van der Waals surface area contributed by atoms with Gasteiger partial charge in [0.1, 0.15) is 4.99 Å². The molecule has 6 nitrogen and oxygen atoms in total. The van der Waals surface area contributed by atoms with Crippen molar-refractivity contribution in [3.05, 3.63) is 24.0 Å². The molecule has 0 bridgehead atoms. The number of aromatic nitrogens is 1. The molecular weight excluding hydrogens is 278 g/mol. The summed E-state index contributed by atoms with van der Waals surface area (Å²) in [7, 11) is 3.00. The second kappa shape index (κ2) is 8.44. The predicted molar refractivity (Wildman–Crippen MR) is 80.8 cm³/mol. The van der Waals surface area contributed by atoms with Crippen LogP contribution in [0.5, 0.6) is 0 Å². The van der Waals surface area contributed by atoms with E-state index in [4.69, 9.17) is 22.7 Å². The van der Waals surface area contributed by atoms with Crippen LogP contribution in [0.15, 0.2) is 18.3 Å². The number of ether oxygens (including phenoxy) is 2. The molecule has 0 aromatic carbocycles. The van der Waals surface area contributed by atoms with E-state index >= 15 is 0 Å². The number of methoxy groups -OCH3 is 2. The highest BCUT2D eigenvalue weighted by molar-refractivity contribution is 7.80. The van der Waals surface area contributed by atoms with Crippen LogP contribution in [0.25, 0.3) is 0 Å². The van der Waals surface area contributed by atoms with Gasteiger partial charge in [-0.05, 0) is 12.1 Å². The van der Waals surface area contributed by atoms with Gasteiger partial charge in [-0.15, -0.1) is 0 Å². The minimum atomic E-state index is -0.254. The van der Waals surface area contributed by atoms with Crippen molar-refractivity contribution >= 4 is 28.9 Å². The molecule has 20 heavy (non-hydrogen) atoms. The molecule has 0 saturated carbocycles. The Morgan fingerprint density at radius 1 is 1.45 bits per heavy atom. The first kappa shape index (κ1) is 16.3. The summed E-state index contributed by atoms with van der Waals surface area (Å²) in [6.07, 6.45) is 1.94. The Hall–Kier alpha value is -1.73. The van der Waals surface area contributed by atoms with E-state index in [2.05, 4.69) is 9.72 Å². The average molecular weight is 297 g/mol. The van der Waals surface area contributed by atoms with Crippen molar-refractivity contribution in [1.29, 1.82) is 0 Å². The highest BCUT2D eigenvalue weighted by Gasteiger charge is 2.11. The topological polar surface area (TPSA) is 77.7 Å². The Morgan fingerprint density at radius 3 is 2.80 bits per heavy atom. The van der Waals surface area contributed by atoms with Gasteiger partial charge in [-0.25, -0.2) is 0 Å². The van der Waals surface area contributed by atoms with Crippen molar-refractivity contribution in [1.82, 2.24) is 4.98 Å². The molecule has 2 N–H and O–H groups in total. The molecule has 0 fully saturated rings. The zero-order chi connectivity index (χ0) is 15.0. The van der Waals surface area contributed by atoms with Gasteiger partial charge in [0, 0.05) is 32.1 Å². The normalized spacial score (nSPS) is 10.1. The number of anilines is 1. The number of rotatable bonds is 8. The summed E-state index contributed by atoms with van der Waals surface area (Å²) < 4.78 is 9.73. The first-order valence-electron chi connectivity index (χ1n) is 6.15. The fraction of sp³-hybridized carbons (Fsp3) is 0.462. The number of hydrogen-bond donors (Lipinski definition) is 1. The van der Waals surface area contributed by atoms with Crippen molar-refractivity contribution in [3.8, 4) is 0 Å². The summed E-state index contributed by atoms with van der Waals surface area (Å²) in [5.74, 6) is -0.254. The van der Waals surface area contributed by atoms with E-state index in [1.54, 1.807) is 19.4 Å². The molecular formula is C13H19N3O3S. The fourth-order valence-electron chi connectivity index (χ4n) is 1.65. The molecule has 0 atom stereocenters. The maximum absolute atomic E-state index is 11.3. The third-order valence-corrected chi connectivity index (χ3v) is 2.95. The first-order valence-corrected chi connectivity index (χ1v) is 6.56. The lowest BCUT2D eigenvalue weighted by molar-refractivity contribution is -0.140. The van der Waals surface area contributed by atoms with Crippen LogP contribution < -0.4 is 10.6 Å². The van der Waals surface area contributed by atoms with E-state index in [0.717, 1.165) is 5.69 Å². The van der Waals surface area contributed by atoms with Crippen molar-refractivity contribution in [2.75, 3.05) is 38.8 Å². The van der Waals surface area contributed by atoms with Gasteiger partial charge in [-0.2, -0.15) is 0 Å². The summed E-state index contributed by atoms with van der Waals surface area (Å²) >= 11 is 4.92. The zero-order valence-corrected chi connectivity index (χ0v) is 12.5. The SMILES string of the molecule is COCCN(CCC(=O)OC)c1ccnc(C(N)=S)c1. The molecule has 0 aliphatic carbocycles. The van der Waals surface area contributed by atoms with E-state index in [0.29, 0.717) is 31.8 Å². The Kier molecular flexibility index (Phi) is 6.89. The van der Waals surface area contributed by atoms with Crippen LogP contribution in [-0.4, -0.2) is 49.9 Å². The Labute approximate surface area is 123 Å². The highest BCUT2D eigenvalue weighted by atomic mass is 32.1. The zero-order valence-electron chi connectivity index (χ0n) is 11.7. The second-order valence-corrected chi connectivity index (χ2v) is 4.51. The predicted octanol–water partition coefficient (Wildman–Crippen LogP) is 0.732. The highest BCUT2D eigenvalue weighted by Crippen LogP contribution is 2.15. The van der Waals surface area contributed by atoms with Crippen LogP contribution in [0, 0.1) is 0 Å². The molecule has 1 aromatic heterocycles. The van der Waals surface area contributed by atoms with E-state index in [-0.39, 0.29) is 11.0 Å². The summed E-state index contributed by atoms with van der Waals surface area (Å²) in [4.78, 5) is 17.6. The van der Waals surface area contributed by atoms with Gasteiger partial charge in [0.2, 0.25) is 0 Å². The van der Waals surface area contributed by atoms with Crippen LogP contribution >= 0.6 is 12.2 Å². The summed E-state index contributed by atoms with van der Waals surface area (Å²) in [5, 5.41) is 0. The fourth-order valence-corrected chi connectivity index (χ4v) is 1.76. The number of carbonyl (C=O) groups excluding carboxylic acids is 1. The molecule has 0 saturated heterocycles. The Morgan fingerprint density at radius 2 is 2.20 bits per heavy atom. The van der Waals surface area contributed by atoms with Gasteiger partial charge in [0.15, 0.2) is 0 Å². The van der Waals surface area contributed by atoms with Crippen LogP contribution in [0.2, 0.25) is 0 Å². The average Bonchev–Trinajstić information content (AvgIpc) is 2.47. The third kappa shape index (κ3) is 5.10. The number of esters is 1. The molecule has 0 aliphatic rings. The molecule has 1 heterocycles. The number of carbonyl (C=O) groups is 1. The number of pyridine rings is 1. The summed E-state index contributed by atoms with van der Waals surface area (Å²) in [6, 6.07) is 3.64. The quantitative estimate of drug-likeness (QED) is 0.560. The second-order valence-electron chi connectivity index (χ2n) is 4.07. The van der Waals surface area contributed by atoms with E-state index in [9.17, 15) is 4.79 Å². The van der Waals surface area contributed by atoms with Crippen molar-refractivity contribution in [2.24, 2.45) is 5.73 Å². The summed E-state index contributed by atoms with van der Waals surface area (Å²) in [5.41, 5.74) is 7.02. The van der Waals surface area contributed by atoms with Gasteiger partial charge >= 0.3 is 5.97 Å². The van der Waals surface area contributed by atoms with Crippen LogP contribution in [0.4, 0.5) is 5.69 Å². The van der Waals surface area contributed by atoms with Crippen molar-refractivity contribution in [2.45, 2.75) is 6.42 Å². The maximum Gasteiger partial charge on any atom is 0.307 e. The lowest BCUT2D eigenvalue weighted by atomic mass is 10.2. The molecule has 0 amide bonds. The molecule has 1 aromatic rings. The lowest BCUT2D eigenvalue weighted by Crippen LogP contribution is -2.30. The minimum absolute atomic E-state index is 0.242. The number of nitrogens with two attached hydrogens (primary N) is 1. The number of thiocarbonyl (C=S) groups is 1. The molecule has 1 rings (SSSR count). The van der Waals surface area contributed by atoms with Crippen molar-refractivity contribution in [3.63, 3.8) is 0 Å². The lowest BCUT2D eigenvalue weighted by Gasteiger charge is -2.24. The van der Waals surface area contributed by atoms with E-state index in [1.807, 2.05) is 11.0 Å². The third-order valence-electron chi connectivity index (χ3n) is 2.74. The monoisotopic (exact) mass is 297 g/mol. The maximum atomic E-state index is 11.3. The molecule has 110 valence electrons. The molecule has 0 aliphatic heterocycles. The minimum Gasteiger partial charge on any atom is -0.469 e. The molecule has 0 spiro atoms. The largest absolute Gasteiger partial charge is 0.469 e. The van der Waals surface area contributed by atoms with Crippen molar-refractivity contribution < 1.29 is 14.3 Å². The van der Waals surface area contributed by atoms with Crippen LogP contribution in [0.1, 0.15) is 12.1 Å². The summed E-state index contributed by atoms with van der Waals surface area (Å²) in [6.45, 7) is 1.72. The van der Waals surface area contributed by atoms with Gasteiger partial charge in [0.25, 0.3) is 0 Å². The smallest absolute Gasteiger partial charge is 0.307 e. The number of nitrogens with zero attached hydrogens (tertiary/aromatic N) is 2. The number of hydrogen-bond acceptors (Lipinski definition) is 6. The van der Waals surface area contributed by atoms with Gasteiger partial charge in [-0.3, -0.25) is 9.78 Å². The van der Waals surface area contributed by atoms with Gasteiger partial charge in [0.05, 0.1) is 25.8 Å². The van der Waals surface area contributed by atoms with E-state index in [1.165, 1.54) is 7.11 Å². The van der Waals surface area contributed by atoms with Crippen LogP contribution in [-0.2, 0) is 14.3 Å².